The molecule has 20 aromatic rings. The molecule has 2 unspecified atom stereocenters. The predicted octanol–water partition coefficient (Wildman–Crippen LogP) is 17.8. The fraction of sp³-hybridized carbons (Fsp3) is 0.0947. The number of aliphatic hydroxyl groups excluding tert-OH is 1. The van der Waals surface area contributed by atoms with Crippen molar-refractivity contribution in [3.8, 4) is 0 Å². The van der Waals surface area contributed by atoms with Crippen molar-refractivity contribution in [3.05, 3.63) is 385 Å². The van der Waals surface area contributed by atoms with Gasteiger partial charge in [0.15, 0.2) is 50.0 Å². The minimum Gasteiger partial charge on any atom is -0.383 e. The molecule has 746 valence electrons. The van der Waals surface area contributed by atoms with Crippen LogP contribution in [0.1, 0.15) is 61.0 Å². The van der Waals surface area contributed by atoms with Gasteiger partial charge in [0.05, 0.1) is 66.0 Å². The van der Waals surface area contributed by atoms with Crippen molar-refractivity contribution in [3.63, 3.8) is 0 Å². The number of fused-ring (bicyclic) bond motifs is 5. The van der Waals surface area contributed by atoms with E-state index in [-0.39, 0.29) is 52.5 Å². The molecule has 0 aliphatic carbocycles. The quantitative estimate of drug-likeness (QED) is 0.0254. The molecule has 0 saturated carbocycles. The number of aldehydes is 1. The Labute approximate surface area is 890 Å². The number of rotatable bonds is 24. The van der Waals surface area contributed by atoms with Gasteiger partial charge in [-0.1, -0.05) is 184 Å². The monoisotopic (exact) mass is 2360 g/mol. The molecule has 2 atom stereocenters. The lowest BCUT2D eigenvalue weighted by Gasteiger charge is -2.09. The minimum atomic E-state index is -3.92. The summed E-state index contributed by atoms with van der Waals surface area (Å²) >= 11 is 36.7. The zero-order valence-electron chi connectivity index (χ0n) is 76.1. The van der Waals surface area contributed by atoms with E-state index in [9.17, 15) is 64.6 Å². The number of benzene rings is 5. The maximum Gasteiger partial charge on any atom is 0.269 e. The highest BCUT2D eigenvalue weighted by Crippen LogP contribution is 2.38. The lowest BCUT2D eigenvalue weighted by Crippen LogP contribution is -2.12. The van der Waals surface area contributed by atoms with Crippen LogP contribution in [0.15, 0.2) is 356 Å². The lowest BCUT2D eigenvalue weighted by molar-refractivity contribution is 0.112. The van der Waals surface area contributed by atoms with E-state index in [1.54, 1.807) is 189 Å². The molecule has 0 fully saturated rings. The molecule has 0 radical (unpaired) electrons. The fourth-order valence-corrected chi connectivity index (χ4v) is 24.5. The second kappa shape index (κ2) is 46.8. The van der Waals surface area contributed by atoms with Crippen molar-refractivity contribution in [2.75, 3.05) is 31.3 Å². The number of hydrogen-bond donors (Lipinski definition) is 1. The number of thioether (sulfide) groups is 3. The number of aromatic nitrogens is 20. The van der Waals surface area contributed by atoms with E-state index in [2.05, 4.69) is 97.4 Å². The van der Waals surface area contributed by atoms with Gasteiger partial charge in [-0.25, -0.2) is 145 Å². The van der Waals surface area contributed by atoms with Crippen LogP contribution in [0.25, 0.3) is 55.2 Å². The first kappa shape index (κ1) is 108. The van der Waals surface area contributed by atoms with Crippen LogP contribution in [0.2, 0.25) is 25.1 Å². The molecular formula is C95H74Cl5IN20O15S10. The Hall–Kier alpha value is -12.3. The summed E-state index contributed by atoms with van der Waals surface area (Å²) in [6, 6.07) is 49.1. The SMILES string of the molecule is CS(=O)(=O)c1ncc(Cc2cn(S(=O)(=O)c3ccccc3)c3ncc(Cl)cc23)cn1.CS(=O)c1ncc(Cc2cn(S(=O)(=O)c3ccccc3)c3ncc(Cl)cc23)cn1.CSc1ncc(C(O)c2cn(S(=O)(=O)c3ccccc3)c3ncc(Cl)cc23)cn1.CSc1ncc(C=O)cn1.CSc1ncc(Cc2cn(S(=O)(=O)c3ccccc3)c3ncc(Cl)cc23)cn1.O=S(=O)(c1ccccc1)n1cc(I)c2cc(Cl)cnc21. The van der Waals surface area contributed by atoms with Gasteiger partial charge >= 0.3 is 0 Å². The largest absolute Gasteiger partial charge is 0.383 e. The topological polar surface area (TPSA) is 477 Å². The molecule has 5 aromatic carbocycles. The third-order valence-corrected chi connectivity index (χ3v) is 34.6. The van der Waals surface area contributed by atoms with Crippen molar-refractivity contribution in [1.29, 1.82) is 0 Å². The van der Waals surface area contributed by atoms with Gasteiger partial charge in [0.2, 0.25) is 20.2 Å². The van der Waals surface area contributed by atoms with Crippen LogP contribution in [0, 0.1) is 3.57 Å². The van der Waals surface area contributed by atoms with Crippen LogP contribution in [-0.4, -0.2) is 192 Å². The molecule has 0 spiro atoms. The zero-order valence-corrected chi connectivity index (χ0v) is 90.2. The van der Waals surface area contributed by atoms with Crippen molar-refractivity contribution in [1.82, 2.24) is 94.6 Å². The van der Waals surface area contributed by atoms with Gasteiger partial charge in [-0.15, -0.1) is 0 Å². The number of carbonyl (C=O) groups excluding carboxylic acids is 1. The van der Waals surface area contributed by atoms with Gasteiger partial charge in [0.25, 0.3) is 50.1 Å². The van der Waals surface area contributed by atoms with E-state index in [0.29, 0.717) is 125 Å². The van der Waals surface area contributed by atoms with Crippen molar-refractivity contribution in [2.45, 2.75) is 75.6 Å². The molecule has 0 aliphatic rings. The number of halogens is 6. The Kier molecular flexibility index (Phi) is 34.6. The van der Waals surface area contributed by atoms with Crippen molar-refractivity contribution < 1.29 is 64.6 Å². The van der Waals surface area contributed by atoms with Crippen LogP contribution in [0.5, 0.6) is 0 Å². The Morgan fingerprint density at radius 1 is 0.349 bits per heavy atom. The zero-order chi connectivity index (χ0) is 104. The van der Waals surface area contributed by atoms with Crippen molar-refractivity contribution in [2.24, 2.45) is 0 Å². The smallest absolute Gasteiger partial charge is 0.269 e. The highest BCUT2D eigenvalue weighted by molar-refractivity contribution is 14.1. The summed E-state index contributed by atoms with van der Waals surface area (Å²) < 4.78 is 172. The highest BCUT2D eigenvalue weighted by atomic mass is 127. The maximum absolute atomic E-state index is 13.2. The van der Waals surface area contributed by atoms with E-state index in [1.807, 2.05) is 18.8 Å². The molecule has 35 nitrogen and oxygen atoms in total. The Morgan fingerprint density at radius 3 is 0.911 bits per heavy atom. The van der Waals surface area contributed by atoms with E-state index in [4.69, 9.17) is 58.0 Å². The van der Waals surface area contributed by atoms with Gasteiger partial charge in [0, 0.05) is 197 Å². The molecule has 0 amide bonds. The molecule has 20 rings (SSSR count). The van der Waals surface area contributed by atoms with E-state index in [1.165, 1.54) is 170 Å². The first-order valence-corrected chi connectivity index (χ1v) is 59.4. The number of nitrogens with zero attached hydrogens (tertiary/aromatic N) is 20. The first-order chi connectivity index (χ1) is 69.8. The molecule has 15 heterocycles. The molecule has 0 aliphatic heterocycles. The molecule has 146 heavy (non-hydrogen) atoms. The van der Waals surface area contributed by atoms with Crippen LogP contribution in [-0.2, 0) is 90.0 Å². The molecule has 51 heteroatoms. The lowest BCUT2D eigenvalue weighted by atomic mass is 10.0. The Balaban J connectivity index is 0.000000134. The summed E-state index contributed by atoms with van der Waals surface area (Å²) in [7, 11) is -23.8. The fourth-order valence-electron chi connectivity index (χ4n) is 14.2. The Bertz CT molecular complexity index is 8990. The molecule has 0 bridgehead atoms. The summed E-state index contributed by atoms with van der Waals surface area (Å²) in [6.45, 7) is 0. The summed E-state index contributed by atoms with van der Waals surface area (Å²) in [6.07, 6.45) is 38.9. The Morgan fingerprint density at radius 2 is 0.610 bits per heavy atom. The summed E-state index contributed by atoms with van der Waals surface area (Å²) in [5.74, 6) is 0. The number of sulfone groups is 1. The van der Waals surface area contributed by atoms with E-state index < -0.39 is 76.9 Å². The van der Waals surface area contributed by atoms with Crippen LogP contribution < -0.4 is 0 Å². The summed E-state index contributed by atoms with van der Waals surface area (Å²) in [5.41, 5.74) is 7.06. The van der Waals surface area contributed by atoms with Gasteiger partial charge in [-0.3, -0.25) is 9.00 Å². The molecule has 15 aromatic heterocycles. The molecule has 0 saturated heterocycles. The normalized spacial score (nSPS) is 12.2. The molecule has 1 N–H and O–H groups in total. The van der Waals surface area contributed by atoms with Gasteiger partial charge < -0.3 is 5.11 Å². The average Bonchev–Trinajstić information content (AvgIpc) is 1.62. The minimum absolute atomic E-state index is 0.113. The van der Waals surface area contributed by atoms with Gasteiger partial charge in [0.1, 0.15) is 6.10 Å². The standard InChI is InChI=1S/C19H15ClN4O4S2.2C19H15ClN4O3S2.C19H15ClN4O2S2.C13H8ClIN2O2S.C6H6N2OS/c1-29(25,26)19-22-9-13(10-23-19)7-14-12-24(18-17(14)8-15(20)11-21-18)30(27,28)16-5-3-2-4-6-16;1-28(25)19-22-9-13(10-23-19)7-14-12-24(18-17(14)8-15(20)11-21-18)29(26,27)16-5-3-2-4-6-16;1-28-19-22-8-12(9-23-19)17(25)16-11-24(18-15(16)7-13(20)10-21-18)29(26,27)14-5-3-2-4-6-14;1-27-19-22-9-13(10-23-19)7-14-12-24(18-17(14)8-15(20)11-21-18)28(25,26)16-5-3-2-4-6-16;14-9-6-11-12(15)8-17(13(11)16-7-9)20(18,19)10-4-2-1-3-5-10;1-10-6-7-2-5(4-9)3-8-6/h2-6,8-12H,7H2,1H3;2-6,8-12H,7H2,1H3;2-11,17,25H,1H3;2-6,8-12H,7H2,1H3;1-8H;2-4H,1H3. The highest BCUT2D eigenvalue weighted by Gasteiger charge is 2.31. The van der Waals surface area contributed by atoms with Crippen LogP contribution in [0.3, 0.4) is 0 Å². The number of aliphatic hydroxyl groups is 1. The number of carbonyl (C=O) groups is 1. The van der Waals surface area contributed by atoms with Gasteiger partial charge in [-0.2, -0.15) is 0 Å². The van der Waals surface area contributed by atoms with Crippen LogP contribution >= 0.6 is 116 Å². The maximum atomic E-state index is 13.2. The number of hydrogen-bond acceptors (Lipinski definition) is 33. The van der Waals surface area contributed by atoms with E-state index >= 15 is 0 Å². The summed E-state index contributed by atoms with van der Waals surface area (Å²) in [5, 5.41) is 17.9. The first-order valence-electron chi connectivity index (χ1n) is 42.1. The predicted molar refractivity (Wildman–Crippen MR) is 570 cm³/mol. The second-order valence-corrected chi connectivity index (χ2v) is 48.7. The number of pyridine rings is 5. The second-order valence-electron chi connectivity index (χ2n) is 30.8. The summed E-state index contributed by atoms with van der Waals surface area (Å²) in [4.78, 5) is 72.7. The third kappa shape index (κ3) is 24.9. The van der Waals surface area contributed by atoms with Crippen molar-refractivity contribution >= 4 is 248 Å². The van der Waals surface area contributed by atoms with E-state index in [0.717, 1.165) is 46.1 Å². The van der Waals surface area contributed by atoms with Gasteiger partial charge in [-0.05, 0) is 166 Å². The molecular weight excluding hydrogens is 2290 g/mol. The third-order valence-electron chi connectivity index (χ3n) is 21.0. The van der Waals surface area contributed by atoms with Crippen LogP contribution in [0.4, 0.5) is 0 Å². The average molecular weight is 2360 g/mol.